The normalized spacial score (nSPS) is 20.2. The second-order valence-corrected chi connectivity index (χ2v) is 8.34. The summed E-state index contributed by atoms with van der Waals surface area (Å²) in [5, 5.41) is 15.3. The molecule has 7 nitrogen and oxygen atoms in total. The van der Waals surface area contributed by atoms with E-state index in [1.165, 1.54) is 0 Å². The van der Waals surface area contributed by atoms with Crippen molar-refractivity contribution in [2.75, 3.05) is 42.1 Å². The molecule has 3 aromatic carbocycles. The molecule has 7 heteroatoms. The SMILES string of the molecule is COc1cc2c3c(c4cc(OC)c(OC)c(OC)c4c2cc1OC)C(O)C1CCCN1C3. The van der Waals surface area contributed by atoms with Crippen LogP contribution in [0.3, 0.4) is 0 Å². The highest BCUT2D eigenvalue weighted by atomic mass is 16.5. The van der Waals surface area contributed by atoms with Gasteiger partial charge in [-0.05, 0) is 64.9 Å². The summed E-state index contributed by atoms with van der Waals surface area (Å²) in [4.78, 5) is 2.38. The number of rotatable bonds is 5. The lowest BCUT2D eigenvalue weighted by atomic mass is 9.83. The average Bonchev–Trinajstić information content (AvgIpc) is 3.30. The Morgan fingerprint density at radius 2 is 1.41 bits per heavy atom. The zero-order valence-corrected chi connectivity index (χ0v) is 19.2. The van der Waals surface area contributed by atoms with Crippen LogP contribution in [0.2, 0.25) is 0 Å². The molecule has 0 radical (unpaired) electrons. The minimum Gasteiger partial charge on any atom is -0.493 e. The molecular formula is C25H29NO6. The first-order valence-electron chi connectivity index (χ1n) is 10.8. The van der Waals surface area contributed by atoms with Crippen molar-refractivity contribution in [3.8, 4) is 28.7 Å². The molecule has 0 bridgehead atoms. The van der Waals surface area contributed by atoms with Crippen molar-refractivity contribution in [1.29, 1.82) is 0 Å². The van der Waals surface area contributed by atoms with Gasteiger partial charge in [-0.15, -0.1) is 0 Å². The van der Waals surface area contributed by atoms with Crippen LogP contribution in [0.25, 0.3) is 21.5 Å². The number of nitrogens with zero attached hydrogens (tertiary/aromatic N) is 1. The highest BCUT2D eigenvalue weighted by Crippen LogP contribution is 2.53. The van der Waals surface area contributed by atoms with Crippen molar-refractivity contribution in [2.45, 2.75) is 31.5 Å². The first-order chi connectivity index (χ1) is 15.6. The first kappa shape index (κ1) is 21.0. The van der Waals surface area contributed by atoms with Crippen molar-refractivity contribution >= 4 is 21.5 Å². The number of ether oxygens (including phenoxy) is 5. The molecule has 3 aromatic rings. The number of aliphatic hydroxyl groups excluding tert-OH is 1. The smallest absolute Gasteiger partial charge is 0.203 e. The van der Waals surface area contributed by atoms with Crippen molar-refractivity contribution in [1.82, 2.24) is 4.90 Å². The molecule has 32 heavy (non-hydrogen) atoms. The Hall–Kier alpha value is -2.90. The fourth-order valence-corrected chi connectivity index (χ4v) is 5.59. The lowest BCUT2D eigenvalue weighted by Crippen LogP contribution is -2.39. The van der Waals surface area contributed by atoms with Gasteiger partial charge in [-0.3, -0.25) is 4.90 Å². The molecule has 2 heterocycles. The predicted octanol–water partition coefficient (Wildman–Crippen LogP) is 4.05. The predicted molar refractivity (Wildman–Crippen MR) is 123 cm³/mol. The second-order valence-electron chi connectivity index (χ2n) is 8.34. The number of hydrogen-bond donors (Lipinski definition) is 1. The van der Waals surface area contributed by atoms with Gasteiger partial charge >= 0.3 is 0 Å². The monoisotopic (exact) mass is 439 g/mol. The van der Waals surface area contributed by atoms with E-state index in [1.807, 2.05) is 18.2 Å². The van der Waals surface area contributed by atoms with Gasteiger partial charge in [0.15, 0.2) is 23.0 Å². The number of benzene rings is 3. The number of aliphatic hydroxyl groups is 1. The molecule has 1 N–H and O–H groups in total. The largest absolute Gasteiger partial charge is 0.493 e. The van der Waals surface area contributed by atoms with Gasteiger partial charge in [-0.25, -0.2) is 0 Å². The highest BCUT2D eigenvalue weighted by Gasteiger charge is 2.40. The van der Waals surface area contributed by atoms with E-state index >= 15 is 0 Å². The maximum atomic E-state index is 11.6. The Bertz CT molecular complexity index is 1210. The average molecular weight is 440 g/mol. The van der Waals surface area contributed by atoms with Crippen LogP contribution in [0.1, 0.15) is 30.1 Å². The van der Waals surface area contributed by atoms with Gasteiger partial charge in [0, 0.05) is 18.0 Å². The zero-order chi connectivity index (χ0) is 22.6. The summed E-state index contributed by atoms with van der Waals surface area (Å²) < 4.78 is 28.4. The molecule has 0 saturated carbocycles. The summed E-state index contributed by atoms with van der Waals surface area (Å²) in [7, 11) is 8.10. The lowest BCUT2D eigenvalue weighted by molar-refractivity contribution is 0.0552. The Kier molecular flexibility index (Phi) is 5.18. The van der Waals surface area contributed by atoms with E-state index in [0.717, 1.165) is 58.6 Å². The Morgan fingerprint density at radius 3 is 2.03 bits per heavy atom. The fourth-order valence-electron chi connectivity index (χ4n) is 5.59. The van der Waals surface area contributed by atoms with E-state index in [0.29, 0.717) is 28.7 Å². The third kappa shape index (κ3) is 2.81. The summed E-state index contributed by atoms with van der Waals surface area (Å²) in [5.41, 5.74) is 2.04. The summed E-state index contributed by atoms with van der Waals surface area (Å²) in [6, 6.07) is 6.06. The number of hydrogen-bond acceptors (Lipinski definition) is 7. The van der Waals surface area contributed by atoms with Crippen LogP contribution in [-0.4, -0.2) is 58.1 Å². The van der Waals surface area contributed by atoms with E-state index in [1.54, 1.807) is 35.5 Å². The van der Waals surface area contributed by atoms with Crippen molar-refractivity contribution in [2.24, 2.45) is 0 Å². The molecule has 2 atom stereocenters. The molecule has 1 fully saturated rings. The van der Waals surface area contributed by atoms with Gasteiger partial charge in [0.25, 0.3) is 0 Å². The summed E-state index contributed by atoms with van der Waals surface area (Å²) in [6.07, 6.45) is 1.46. The van der Waals surface area contributed by atoms with E-state index in [-0.39, 0.29) is 6.04 Å². The zero-order valence-electron chi connectivity index (χ0n) is 19.2. The highest BCUT2D eigenvalue weighted by molar-refractivity contribution is 6.16. The number of methoxy groups -OCH3 is 5. The molecule has 170 valence electrons. The molecule has 5 rings (SSSR count). The maximum Gasteiger partial charge on any atom is 0.203 e. The van der Waals surface area contributed by atoms with Crippen molar-refractivity contribution in [3.63, 3.8) is 0 Å². The standard InChI is InChI=1S/C25H29NO6/c1-28-18-9-13-14(10-19(18)29-2)22-15(11-20(30-3)24(31-4)25(22)32-5)21-16(13)12-26-8-6-7-17(26)23(21)27/h9-11,17,23,27H,6-8,12H2,1-5H3. The minimum atomic E-state index is -0.607. The van der Waals surface area contributed by atoms with Crippen LogP contribution in [0.15, 0.2) is 18.2 Å². The summed E-state index contributed by atoms with van der Waals surface area (Å²) in [5.74, 6) is 2.95. The molecule has 1 saturated heterocycles. The second kappa shape index (κ2) is 7.90. The Balaban J connectivity index is 2.00. The topological polar surface area (TPSA) is 69.6 Å². The Labute approximate surface area is 187 Å². The molecule has 2 aliphatic heterocycles. The van der Waals surface area contributed by atoms with Gasteiger partial charge in [-0.1, -0.05) is 0 Å². The molecule has 0 amide bonds. The third-order valence-corrected chi connectivity index (χ3v) is 7.00. The van der Waals surface area contributed by atoms with E-state index < -0.39 is 6.10 Å². The van der Waals surface area contributed by atoms with E-state index in [9.17, 15) is 5.11 Å². The molecule has 0 aliphatic carbocycles. The molecule has 2 unspecified atom stereocenters. The van der Waals surface area contributed by atoms with Gasteiger partial charge in [0.05, 0.1) is 41.7 Å². The third-order valence-electron chi connectivity index (χ3n) is 7.00. The lowest BCUT2D eigenvalue weighted by Gasteiger charge is -2.37. The molecule has 2 aliphatic rings. The van der Waals surface area contributed by atoms with Crippen LogP contribution in [0.4, 0.5) is 0 Å². The maximum absolute atomic E-state index is 11.6. The van der Waals surface area contributed by atoms with Gasteiger partial charge < -0.3 is 28.8 Å². The fraction of sp³-hybridized carbons (Fsp3) is 0.440. The van der Waals surface area contributed by atoms with Gasteiger partial charge in [-0.2, -0.15) is 0 Å². The van der Waals surface area contributed by atoms with Crippen molar-refractivity contribution in [3.05, 3.63) is 29.3 Å². The van der Waals surface area contributed by atoms with E-state index in [2.05, 4.69) is 4.90 Å². The molecule has 0 spiro atoms. The van der Waals surface area contributed by atoms with Crippen LogP contribution in [0.5, 0.6) is 28.7 Å². The van der Waals surface area contributed by atoms with Crippen LogP contribution in [0, 0.1) is 0 Å². The molecule has 0 aromatic heterocycles. The van der Waals surface area contributed by atoms with Crippen LogP contribution in [-0.2, 0) is 6.54 Å². The van der Waals surface area contributed by atoms with Crippen LogP contribution < -0.4 is 23.7 Å². The Morgan fingerprint density at radius 1 is 0.781 bits per heavy atom. The first-order valence-corrected chi connectivity index (χ1v) is 10.8. The summed E-state index contributed by atoms with van der Waals surface area (Å²) >= 11 is 0. The van der Waals surface area contributed by atoms with Gasteiger partial charge in [0.2, 0.25) is 5.75 Å². The summed E-state index contributed by atoms with van der Waals surface area (Å²) in [6.45, 7) is 1.76. The van der Waals surface area contributed by atoms with Crippen molar-refractivity contribution < 1.29 is 28.8 Å². The molecular weight excluding hydrogens is 410 g/mol. The quantitative estimate of drug-likeness (QED) is 0.602. The van der Waals surface area contributed by atoms with Gasteiger partial charge in [0.1, 0.15) is 0 Å². The minimum absolute atomic E-state index is 0.113. The van der Waals surface area contributed by atoms with E-state index in [4.69, 9.17) is 23.7 Å². The number of fused-ring (bicyclic) bond motifs is 7. The van der Waals surface area contributed by atoms with Crippen LogP contribution >= 0.6 is 0 Å².